The van der Waals surface area contributed by atoms with Crippen molar-refractivity contribution in [1.82, 2.24) is 0 Å². The Balaban J connectivity index is 2.98. The first kappa shape index (κ1) is 11.1. The molecule has 14 heavy (non-hydrogen) atoms. The first-order valence-corrected chi connectivity index (χ1v) is 5.29. The Kier molecular flexibility index (Phi) is 3.22. The van der Waals surface area contributed by atoms with Crippen LogP contribution in [0.1, 0.15) is 16.6 Å². The maximum absolute atomic E-state index is 10.5. The van der Waals surface area contributed by atoms with Gasteiger partial charge < -0.3 is 10.2 Å². The molecule has 0 aliphatic rings. The minimum Gasteiger partial charge on any atom is -0.392 e. The van der Waals surface area contributed by atoms with Crippen molar-refractivity contribution in [1.29, 1.82) is 0 Å². The van der Waals surface area contributed by atoms with Gasteiger partial charge in [-0.25, -0.2) is 0 Å². The predicted octanol–water partition coefficient (Wildman–Crippen LogP) is 0.0576. The molecule has 1 aromatic carbocycles. The Morgan fingerprint density at radius 1 is 1.21 bits per heavy atom. The first-order valence-electron chi connectivity index (χ1n) is 3.79. The number of rotatable bonds is 3. The average Bonchev–Trinajstić information content (AvgIpc) is 2.15. The fourth-order valence-electron chi connectivity index (χ4n) is 0.960. The molecule has 0 amide bonds. The maximum Gasteiger partial charge on any atom is 0.296 e. The molecule has 0 saturated carbocycles. The van der Waals surface area contributed by atoms with Gasteiger partial charge in [-0.1, -0.05) is 24.3 Å². The fourth-order valence-corrected chi connectivity index (χ4v) is 1.46. The highest BCUT2D eigenvalue weighted by atomic mass is 32.2. The van der Waals surface area contributed by atoms with Crippen LogP contribution < -0.4 is 0 Å². The number of aliphatic hydroxyl groups excluding tert-OH is 2. The van der Waals surface area contributed by atoms with E-state index < -0.39 is 15.6 Å². The van der Waals surface area contributed by atoms with E-state index in [2.05, 4.69) is 0 Å². The smallest absolute Gasteiger partial charge is 0.296 e. The molecule has 78 valence electrons. The highest BCUT2D eigenvalue weighted by Gasteiger charge is 2.21. The van der Waals surface area contributed by atoms with E-state index in [4.69, 9.17) is 14.8 Å². The predicted molar refractivity (Wildman–Crippen MR) is 48.9 cm³/mol. The van der Waals surface area contributed by atoms with Crippen LogP contribution in [0.25, 0.3) is 0 Å². The quantitative estimate of drug-likeness (QED) is 0.623. The Hall–Kier alpha value is -0.950. The molecule has 0 saturated heterocycles. The van der Waals surface area contributed by atoms with Crippen LogP contribution in [0.2, 0.25) is 0 Å². The van der Waals surface area contributed by atoms with E-state index in [0.717, 1.165) is 0 Å². The molecule has 1 rings (SSSR count). The SMILES string of the molecule is O=S(=O)(O)C(O)c1ccc(CO)cc1. The highest BCUT2D eigenvalue weighted by molar-refractivity contribution is 7.85. The van der Waals surface area contributed by atoms with Crippen molar-refractivity contribution >= 4 is 10.1 Å². The lowest BCUT2D eigenvalue weighted by Crippen LogP contribution is -2.11. The lowest BCUT2D eigenvalue weighted by atomic mass is 10.1. The molecule has 0 aliphatic carbocycles. The summed E-state index contributed by atoms with van der Waals surface area (Å²) in [5, 5.41) is 17.8. The third kappa shape index (κ3) is 2.52. The Morgan fingerprint density at radius 2 is 1.71 bits per heavy atom. The van der Waals surface area contributed by atoms with Gasteiger partial charge in [0.25, 0.3) is 10.1 Å². The molecule has 0 spiro atoms. The second kappa shape index (κ2) is 4.05. The average molecular weight is 218 g/mol. The van der Waals surface area contributed by atoms with Crippen LogP contribution in [0.4, 0.5) is 0 Å². The lowest BCUT2D eigenvalue weighted by Gasteiger charge is -2.07. The van der Waals surface area contributed by atoms with Crippen molar-refractivity contribution < 1.29 is 23.2 Å². The zero-order valence-electron chi connectivity index (χ0n) is 7.16. The number of aliphatic hydroxyl groups is 2. The van der Waals surface area contributed by atoms with Crippen molar-refractivity contribution in [2.75, 3.05) is 0 Å². The van der Waals surface area contributed by atoms with Crippen LogP contribution in [0, 0.1) is 0 Å². The molecule has 0 bridgehead atoms. The summed E-state index contributed by atoms with van der Waals surface area (Å²) in [4.78, 5) is 0. The van der Waals surface area contributed by atoms with Crippen LogP contribution in [0.3, 0.4) is 0 Å². The van der Waals surface area contributed by atoms with E-state index >= 15 is 0 Å². The van der Waals surface area contributed by atoms with Crippen LogP contribution >= 0.6 is 0 Å². The molecule has 0 fully saturated rings. The van der Waals surface area contributed by atoms with E-state index in [1.807, 2.05) is 0 Å². The second-order valence-corrected chi connectivity index (χ2v) is 4.24. The molecule has 5 nitrogen and oxygen atoms in total. The minimum absolute atomic E-state index is 0.0599. The third-order valence-electron chi connectivity index (χ3n) is 1.73. The molecule has 1 atom stereocenters. The first-order chi connectivity index (χ1) is 6.45. The van der Waals surface area contributed by atoms with Crippen LogP contribution in [0.5, 0.6) is 0 Å². The summed E-state index contributed by atoms with van der Waals surface area (Å²) in [6.07, 6.45) is 0. The van der Waals surface area contributed by atoms with Gasteiger partial charge >= 0.3 is 0 Å². The van der Waals surface area contributed by atoms with Gasteiger partial charge in [0.1, 0.15) is 0 Å². The van der Waals surface area contributed by atoms with E-state index in [0.29, 0.717) is 5.56 Å². The zero-order chi connectivity index (χ0) is 10.8. The summed E-state index contributed by atoms with van der Waals surface area (Å²) >= 11 is 0. The number of hydrogen-bond acceptors (Lipinski definition) is 4. The van der Waals surface area contributed by atoms with E-state index in [-0.39, 0.29) is 12.2 Å². The van der Waals surface area contributed by atoms with Gasteiger partial charge in [-0.05, 0) is 11.1 Å². The summed E-state index contributed by atoms with van der Waals surface area (Å²) in [5.74, 6) is 0. The maximum atomic E-state index is 10.5. The molecule has 0 radical (unpaired) electrons. The van der Waals surface area contributed by atoms with Crippen LogP contribution in [0.15, 0.2) is 24.3 Å². The molecule has 1 aromatic rings. The molecule has 3 N–H and O–H groups in total. The monoisotopic (exact) mass is 218 g/mol. The molecule has 0 aliphatic heterocycles. The summed E-state index contributed by atoms with van der Waals surface area (Å²) in [6.45, 7) is -0.164. The second-order valence-electron chi connectivity index (χ2n) is 2.77. The molecule has 0 heterocycles. The Labute approximate surface area is 81.4 Å². The lowest BCUT2D eigenvalue weighted by molar-refractivity contribution is 0.238. The molecular weight excluding hydrogens is 208 g/mol. The zero-order valence-corrected chi connectivity index (χ0v) is 7.98. The largest absolute Gasteiger partial charge is 0.392 e. The van der Waals surface area contributed by atoms with Crippen LogP contribution in [-0.2, 0) is 16.7 Å². The van der Waals surface area contributed by atoms with Gasteiger partial charge in [0.2, 0.25) is 5.44 Å². The molecular formula is C8H10O5S. The van der Waals surface area contributed by atoms with E-state index in [1.165, 1.54) is 24.3 Å². The molecule has 6 heteroatoms. The van der Waals surface area contributed by atoms with E-state index in [9.17, 15) is 8.42 Å². The van der Waals surface area contributed by atoms with Gasteiger partial charge in [-0.15, -0.1) is 0 Å². The highest BCUT2D eigenvalue weighted by Crippen LogP contribution is 2.18. The molecule has 1 unspecified atom stereocenters. The summed E-state index contributed by atoms with van der Waals surface area (Å²) in [5.41, 5.74) is -1.28. The Bertz CT molecular complexity index is 394. The van der Waals surface area contributed by atoms with Crippen molar-refractivity contribution in [3.8, 4) is 0 Å². The normalized spacial score (nSPS) is 13.9. The van der Waals surface area contributed by atoms with Gasteiger partial charge in [-0.3, -0.25) is 4.55 Å². The van der Waals surface area contributed by atoms with Crippen molar-refractivity contribution in [2.45, 2.75) is 12.0 Å². The molecule has 0 aromatic heterocycles. The fraction of sp³-hybridized carbons (Fsp3) is 0.250. The third-order valence-corrected chi connectivity index (χ3v) is 2.57. The van der Waals surface area contributed by atoms with Gasteiger partial charge in [0.05, 0.1) is 6.61 Å². The van der Waals surface area contributed by atoms with Crippen molar-refractivity contribution in [3.05, 3.63) is 35.4 Å². The Morgan fingerprint density at radius 3 is 2.07 bits per heavy atom. The number of hydrogen-bond donors (Lipinski definition) is 3. The van der Waals surface area contributed by atoms with Crippen molar-refractivity contribution in [3.63, 3.8) is 0 Å². The van der Waals surface area contributed by atoms with Crippen molar-refractivity contribution in [2.24, 2.45) is 0 Å². The number of benzene rings is 1. The van der Waals surface area contributed by atoms with Gasteiger partial charge in [0, 0.05) is 0 Å². The topological polar surface area (TPSA) is 94.8 Å². The van der Waals surface area contributed by atoms with Gasteiger partial charge in [0.15, 0.2) is 0 Å². The standard InChI is InChI=1S/C8H10O5S/c9-5-6-1-3-7(4-2-6)8(10)14(11,12)13/h1-4,8-10H,5H2,(H,11,12,13). The summed E-state index contributed by atoms with van der Waals surface area (Å²) in [7, 11) is -4.48. The summed E-state index contributed by atoms with van der Waals surface area (Å²) in [6, 6.07) is 5.57. The van der Waals surface area contributed by atoms with Crippen LogP contribution in [-0.4, -0.2) is 23.2 Å². The summed E-state index contributed by atoms with van der Waals surface area (Å²) < 4.78 is 29.6. The van der Waals surface area contributed by atoms with Gasteiger partial charge in [-0.2, -0.15) is 8.42 Å². The minimum atomic E-state index is -4.48. The van der Waals surface area contributed by atoms with E-state index in [1.54, 1.807) is 0 Å².